The van der Waals surface area contributed by atoms with Crippen LogP contribution in [0.25, 0.3) is 6.08 Å². The molecule has 0 atom stereocenters. The molecule has 0 amide bonds. The Hall–Kier alpha value is -3.79. The number of nitrogens with zero attached hydrogens (tertiary/aromatic N) is 3. The number of carbonyl (C=O) groups excluding carboxylic acids is 1. The van der Waals surface area contributed by atoms with Crippen LogP contribution in [0.15, 0.2) is 47.1 Å². The summed E-state index contributed by atoms with van der Waals surface area (Å²) in [6, 6.07) is 7.73. The van der Waals surface area contributed by atoms with Crippen LogP contribution in [0.5, 0.6) is 5.75 Å². The Morgan fingerprint density at radius 3 is 2.54 bits per heavy atom. The summed E-state index contributed by atoms with van der Waals surface area (Å²) in [5, 5.41) is 22.1. The second-order valence-corrected chi connectivity index (χ2v) is 5.85. The summed E-state index contributed by atoms with van der Waals surface area (Å²) in [6.07, 6.45) is 1.28. The first-order chi connectivity index (χ1) is 13.3. The molecule has 10 nitrogen and oxygen atoms in total. The van der Waals surface area contributed by atoms with Gasteiger partial charge in [-0.1, -0.05) is 17.7 Å². The minimum atomic E-state index is -0.823. The van der Waals surface area contributed by atoms with Crippen LogP contribution in [0.4, 0.5) is 11.4 Å². The Kier molecular flexibility index (Phi) is 5.05. The first-order valence-electron chi connectivity index (χ1n) is 7.59. The summed E-state index contributed by atoms with van der Waals surface area (Å²) in [5.74, 6) is -0.960. The molecule has 28 heavy (non-hydrogen) atoms. The quantitative estimate of drug-likeness (QED) is 0.322. The molecule has 3 rings (SSSR count). The summed E-state index contributed by atoms with van der Waals surface area (Å²) in [6.45, 7) is 0. The minimum Gasteiger partial charge on any atom is -0.490 e. The number of ether oxygens (including phenoxy) is 2. The molecular formula is C17H10ClN3O7. The Morgan fingerprint density at radius 2 is 1.89 bits per heavy atom. The van der Waals surface area contributed by atoms with Gasteiger partial charge in [0.1, 0.15) is 0 Å². The zero-order valence-electron chi connectivity index (χ0n) is 14.1. The number of cyclic esters (lactones) is 1. The van der Waals surface area contributed by atoms with Crippen molar-refractivity contribution in [3.63, 3.8) is 0 Å². The third kappa shape index (κ3) is 3.67. The monoisotopic (exact) mass is 403 g/mol. The number of carbonyl (C=O) groups is 1. The molecule has 1 aliphatic rings. The van der Waals surface area contributed by atoms with E-state index in [1.54, 1.807) is 0 Å². The highest BCUT2D eigenvalue weighted by Gasteiger charge is 2.27. The second-order valence-electron chi connectivity index (χ2n) is 5.45. The Balaban J connectivity index is 2.01. The van der Waals surface area contributed by atoms with Crippen molar-refractivity contribution in [2.75, 3.05) is 7.11 Å². The highest BCUT2D eigenvalue weighted by Crippen LogP contribution is 2.30. The van der Waals surface area contributed by atoms with Gasteiger partial charge in [-0.05, 0) is 23.8 Å². The average Bonchev–Trinajstić information content (AvgIpc) is 3.02. The van der Waals surface area contributed by atoms with Crippen molar-refractivity contribution in [3.8, 4) is 5.75 Å². The normalized spacial score (nSPS) is 14.6. The van der Waals surface area contributed by atoms with E-state index in [-0.39, 0.29) is 39.3 Å². The molecule has 1 heterocycles. The Morgan fingerprint density at radius 1 is 1.14 bits per heavy atom. The van der Waals surface area contributed by atoms with Gasteiger partial charge in [0.15, 0.2) is 11.4 Å². The molecule has 2 aromatic carbocycles. The van der Waals surface area contributed by atoms with Gasteiger partial charge in [0, 0.05) is 18.2 Å². The third-order valence-electron chi connectivity index (χ3n) is 3.71. The molecule has 0 saturated heterocycles. The minimum absolute atomic E-state index is 0.0636. The maximum atomic E-state index is 12.1. The van der Waals surface area contributed by atoms with Gasteiger partial charge < -0.3 is 9.47 Å². The number of rotatable bonds is 5. The molecule has 142 valence electrons. The third-order valence-corrected chi connectivity index (χ3v) is 4.04. The van der Waals surface area contributed by atoms with Crippen molar-refractivity contribution in [1.82, 2.24) is 0 Å². The van der Waals surface area contributed by atoms with E-state index in [9.17, 15) is 25.0 Å². The fourth-order valence-corrected chi connectivity index (χ4v) is 2.61. The molecule has 0 radical (unpaired) electrons. The second kappa shape index (κ2) is 7.45. The first kappa shape index (κ1) is 19.0. The number of nitro groups is 2. The van der Waals surface area contributed by atoms with Crippen molar-refractivity contribution in [3.05, 3.63) is 78.5 Å². The van der Waals surface area contributed by atoms with E-state index in [1.165, 1.54) is 43.5 Å². The lowest BCUT2D eigenvalue weighted by molar-refractivity contribution is -0.385. The summed E-state index contributed by atoms with van der Waals surface area (Å²) < 4.78 is 9.97. The fourth-order valence-electron chi connectivity index (χ4n) is 2.41. The number of hydrogen-bond donors (Lipinski definition) is 0. The van der Waals surface area contributed by atoms with Crippen LogP contribution in [0.2, 0.25) is 5.02 Å². The predicted octanol–water partition coefficient (Wildman–Crippen LogP) is 3.51. The standard InChI is InChI=1S/C17H10ClN3O7/c1-27-15-5-2-9(7-14(15)21(25)26)6-13-17(22)28-16(19-13)11-8-10(20(23)24)3-4-12(11)18/h2-8H,1H3/b13-6-. The molecule has 0 bridgehead atoms. The number of benzene rings is 2. The zero-order chi connectivity index (χ0) is 20.4. The molecular weight excluding hydrogens is 394 g/mol. The fraction of sp³-hybridized carbons (Fsp3) is 0.0588. The summed E-state index contributed by atoms with van der Waals surface area (Å²) in [5.41, 5.74) is -0.282. The van der Waals surface area contributed by atoms with Crippen molar-refractivity contribution >= 4 is 40.9 Å². The number of hydrogen-bond acceptors (Lipinski definition) is 8. The molecule has 0 fully saturated rings. The first-order valence-corrected chi connectivity index (χ1v) is 7.97. The molecule has 0 spiro atoms. The lowest BCUT2D eigenvalue weighted by Crippen LogP contribution is -2.06. The van der Waals surface area contributed by atoms with E-state index < -0.39 is 15.8 Å². The molecule has 0 aliphatic carbocycles. The van der Waals surface area contributed by atoms with Crippen molar-refractivity contribution in [2.45, 2.75) is 0 Å². The van der Waals surface area contributed by atoms with Gasteiger partial charge in [0.05, 0.1) is 27.5 Å². The lowest BCUT2D eigenvalue weighted by Gasteiger charge is -2.02. The van der Waals surface area contributed by atoms with E-state index >= 15 is 0 Å². The zero-order valence-corrected chi connectivity index (χ0v) is 14.9. The Labute approximate surface area is 162 Å². The maximum absolute atomic E-state index is 12.1. The van der Waals surface area contributed by atoms with E-state index in [0.717, 1.165) is 6.07 Å². The highest BCUT2D eigenvalue weighted by molar-refractivity contribution is 6.34. The van der Waals surface area contributed by atoms with Gasteiger partial charge in [-0.15, -0.1) is 0 Å². The smallest absolute Gasteiger partial charge is 0.363 e. The van der Waals surface area contributed by atoms with Gasteiger partial charge in [0.2, 0.25) is 5.90 Å². The van der Waals surface area contributed by atoms with Crippen LogP contribution >= 0.6 is 11.6 Å². The number of nitro benzene ring substituents is 2. The topological polar surface area (TPSA) is 134 Å². The van der Waals surface area contributed by atoms with Crippen molar-refractivity contribution in [2.24, 2.45) is 4.99 Å². The van der Waals surface area contributed by atoms with Crippen LogP contribution in [0, 0.1) is 20.2 Å². The van der Waals surface area contributed by atoms with Crippen LogP contribution in [0.3, 0.4) is 0 Å². The van der Waals surface area contributed by atoms with Gasteiger partial charge >= 0.3 is 11.7 Å². The predicted molar refractivity (Wildman–Crippen MR) is 98.4 cm³/mol. The SMILES string of the molecule is COc1ccc(/C=C2\N=C(c3cc([N+](=O)[O-])ccc3Cl)OC2=O)cc1[N+](=O)[O-]. The molecule has 0 unspecified atom stereocenters. The van der Waals surface area contributed by atoms with Gasteiger partial charge in [-0.2, -0.15) is 0 Å². The summed E-state index contributed by atoms with van der Waals surface area (Å²) in [7, 11) is 1.30. The number of non-ortho nitro benzene ring substituents is 1. The lowest BCUT2D eigenvalue weighted by atomic mass is 10.1. The van der Waals surface area contributed by atoms with Crippen LogP contribution in [0.1, 0.15) is 11.1 Å². The molecule has 2 aromatic rings. The molecule has 1 aliphatic heterocycles. The van der Waals surface area contributed by atoms with E-state index in [4.69, 9.17) is 21.1 Å². The van der Waals surface area contributed by atoms with Crippen LogP contribution in [-0.2, 0) is 9.53 Å². The number of esters is 1. The van der Waals surface area contributed by atoms with E-state index in [1.807, 2.05) is 0 Å². The maximum Gasteiger partial charge on any atom is 0.363 e. The Bertz CT molecular complexity index is 1080. The van der Waals surface area contributed by atoms with Gasteiger partial charge in [-0.25, -0.2) is 9.79 Å². The number of aliphatic imine (C=N–C) groups is 1. The van der Waals surface area contributed by atoms with Crippen LogP contribution in [-0.4, -0.2) is 28.8 Å². The summed E-state index contributed by atoms with van der Waals surface area (Å²) in [4.78, 5) is 36.9. The highest BCUT2D eigenvalue weighted by atomic mass is 35.5. The molecule has 0 saturated carbocycles. The van der Waals surface area contributed by atoms with Crippen molar-refractivity contribution < 1.29 is 24.1 Å². The van der Waals surface area contributed by atoms with E-state index in [2.05, 4.69) is 4.99 Å². The molecule has 0 aromatic heterocycles. The van der Waals surface area contributed by atoms with Gasteiger partial charge in [-0.3, -0.25) is 20.2 Å². The number of halogens is 1. The van der Waals surface area contributed by atoms with Crippen LogP contribution < -0.4 is 4.74 Å². The summed E-state index contributed by atoms with van der Waals surface area (Å²) >= 11 is 6.02. The average molecular weight is 404 g/mol. The number of methoxy groups -OCH3 is 1. The van der Waals surface area contributed by atoms with Crippen molar-refractivity contribution in [1.29, 1.82) is 0 Å². The van der Waals surface area contributed by atoms with E-state index in [0.29, 0.717) is 5.56 Å². The molecule has 11 heteroatoms. The van der Waals surface area contributed by atoms with Gasteiger partial charge in [0.25, 0.3) is 5.69 Å². The molecule has 0 N–H and O–H groups in total. The largest absolute Gasteiger partial charge is 0.490 e.